The van der Waals surface area contributed by atoms with Gasteiger partial charge in [-0.1, -0.05) is 42.5 Å². The second-order valence-corrected chi connectivity index (χ2v) is 5.19. The Hall–Kier alpha value is -2.33. The molecule has 0 bridgehead atoms. The van der Waals surface area contributed by atoms with Gasteiger partial charge in [-0.05, 0) is 36.1 Å². The van der Waals surface area contributed by atoms with Gasteiger partial charge in [0.1, 0.15) is 5.75 Å². The fourth-order valence-corrected chi connectivity index (χ4v) is 2.21. The van der Waals surface area contributed by atoms with Crippen LogP contribution in [0.2, 0.25) is 0 Å². The van der Waals surface area contributed by atoms with Crippen molar-refractivity contribution in [2.45, 2.75) is 18.9 Å². The van der Waals surface area contributed by atoms with E-state index < -0.39 is 6.04 Å². The average molecular weight is 298 g/mol. The first-order valence-corrected chi connectivity index (χ1v) is 7.39. The molecule has 0 aliphatic carbocycles. The normalized spacial score (nSPS) is 11.7. The summed E-state index contributed by atoms with van der Waals surface area (Å²) in [5, 5.41) is 2.88. The minimum atomic E-state index is -0.515. The van der Waals surface area contributed by atoms with Gasteiger partial charge in [0.25, 0.3) is 0 Å². The Morgan fingerprint density at radius 3 is 2.41 bits per heavy atom. The summed E-state index contributed by atoms with van der Waals surface area (Å²) in [6, 6.07) is 17.1. The zero-order valence-electron chi connectivity index (χ0n) is 12.8. The third-order valence-corrected chi connectivity index (χ3v) is 3.51. The number of benzene rings is 2. The number of nitrogens with two attached hydrogens (primary N) is 1. The second-order valence-electron chi connectivity index (χ2n) is 5.19. The van der Waals surface area contributed by atoms with Crippen molar-refractivity contribution in [3.8, 4) is 5.75 Å². The van der Waals surface area contributed by atoms with Crippen molar-refractivity contribution in [1.82, 2.24) is 5.32 Å². The standard InChI is InChI=1S/C18H22N2O2/c1-22-16-9-7-14(8-10-16)11-12-20-18(21)17(19)13-15-5-3-2-4-6-15/h2-10,17H,11-13,19H2,1H3,(H,20,21)/t17-/m0/s1. The van der Waals surface area contributed by atoms with Gasteiger partial charge >= 0.3 is 0 Å². The predicted octanol–water partition coefficient (Wildman–Crippen LogP) is 1.92. The van der Waals surface area contributed by atoms with E-state index in [9.17, 15) is 4.79 Å². The van der Waals surface area contributed by atoms with Crippen LogP contribution in [0.15, 0.2) is 54.6 Å². The molecule has 3 N–H and O–H groups in total. The maximum Gasteiger partial charge on any atom is 0.237 e. The van der Waals surface area contributed by atoms with Gasteiger partial charge in [0.2, 0.25) is 5.91 Å². The van der Waals surface area contributed by atoms with Gasteiger partial charge in [0, 0.05) is 6.54 Å². The SMILES string of the molecule is COc1ccc(CCNC(=O)[C@@H](N)Cc2ccccc2)cc1. The maximum atomic E-state index is 12.0. The topological polar surface area (TPSA) is 64.3 Å². The first-order valence-electron chi connectivity index (χ1n) is 7.39. The molecule has 0 aromatic heterocycles. The second kappa shape index (κ2) is 8.20. The highest BCUT2D eigenvalue weighted by Gasteiger charge is 2.13. The zero-order chi connectivity index (χ0) is 15.8. The Kier molecular flexibility index (Phi) is 5.98. The van der Waals surface area contributed by atoms with Crippen LogP contribution >= 0.6 is 0 Å². The summed E-state index contributed by atoms with van der Waals surface area (Å²) in [6.07, 6.45) is 1.32. The van der Waals surface area contributed by atoms with Crippen molar-refractivity contribution in [3.05, 3.63) is 65.7 Å². The van der Waals surface area contributed by atoms with Crippen LogP contribution in [0.1, 0.15) is 11.1 Å². The summed E-state index contributed by atoms with van der Waals surface area (Å²) < 4.78 is 5.11. The molecule has 1 atom stereocenters. The largest absolute Gasteiger partial charge is 0.497 e. The molecule has 0 heterocycles. The molecule has 0 saturated carbocycles. The maximum absolute atomic E-state index is 12.0. The Morgan fingerprint density at radius 2 is 1.77 bits per heavy atom. The Labute approximate surface area is 131 Å². The summed E-state index contributed by atoms with van der Waals surface area (Å²) in [5.41, 5.74) is 8.16. The van der Waals surface area contributed by atoms with Crippen molar-refractivity contribution in [3.63, 3.8) is 0 Å². The van der Waals surface area contributed by atoms with E-state index in [2.05, 4.69) is 5.32 Å². The number of hydrogen-bond acceptors (Lipinski definition) is 3. The van der Waals surface area contributed by atoms with E-state index in [4.69, 9.17) is 10.5 Å². The molecule has 116 valence electrons. The number of amides is 1. The lowest BCUT2D eigenvalue weighted by Gasteiger charge is -2.12. The molecular formula is C18H22N2O2. The lowest BCUT2D eigenvalue weighted by Crippen LogP contribution is -2.42. The van der Waals surface area contributed by atoms with Gasteiger partial charge in [-0.25, -0.2) is 0 Å². The van der Waals surface area contributed by atoms with Gasteiger partial charge in [0.05, 0.1) is 13.2 Å². The third kappa shape index (κ3) is 4.90. The Balaban J connectivity index is 1.74. The van der Waals surface area contributed by atoms with Crippen molar-refractivity contribution < 1.29 is 9.53 Å². The first-order chi connectivity index (χ1) is 10.7. The van der Waals surface area contributed by atoms with E-state index in [1.807, 2.05) is 54.6 Å². The molecule has 0 saturated heterocycles. The zero-order valence-corrected chi connectivity index (χ0v) is 12.8. The van der Waals surface area contributed by atoms with Crippen LogP contribution < -0.4 is 15.8 Å². The molecule has 2 aromatic rings. The summed E-state index contributed by atoms with van der Waals surface area (Å²) in [5.74, 6) is 0.718. The molecule has 22 heavy (non-hydrogen) atoms. The van der Waals surface area contributed by atoms with Crippen molar-refractivity contribution in [2.24, 2.45) is 5.73 Å². The summed E-state index contributed by atoms with van der Waals surface area (Å²) in [4.78, 5) is 12.0. The van der Waals surface area contributed by atoms with E-state index in [1.165, 1.54) is 0 Å². The molecule has 0 aliphatic rings. The van der Waals surface area contributed by atoms with Gasteiger partial charge in [-0.15, -0.1) is 0 Å². The molecule has 4 nitrogen and oxygen atoms in total. The third-order valence-electron chi connectivity index (χ3n) is 3.51. The number of rotatable bonds is 7. The minimum absolute atomic E-state index is 0.114. The highest BCUT2D eigenvalue weighted by atomic mass is 16.5. The Bertz CT molecular complexity index is 582. The van der Waals surface area contributed by atoms with E-state index in [0.717, 1.165) is 23.3 Å². The highest BCUT2D eigenvalue weighted by molar-refractivity contribution is 5.81. The van der Waals surface area contributed by atoms with Crippen LogP contribution in [-0.2, 0) is 17.6 Å². The van der Waals surface area contributed by atoms with E-state index >= 15 is 0 Å². The Morgan fingerprint density at radius 1 is 1.09 bits per heavy atom. The molecule has 0 unspecified atom stereocenters. The van der Waals surface area contributed by atoms with E-state index in [1.54, 1.807) is 7.11 Å². The van der Waals surface area contributed by atoms with Gasteiger partial charge < -0.3 is 15.8 Å². The average Bonchev–Trinajstić information content (AvgIpc) is 2.56. The van der Waals surface area contributed by atoms with E-state index in [-0.39, 0.29) is 5.91 Å². The molecule has 1 amide bonds. The molecule has 0 fully saturated rings. The first kappa shape index (κ1) is 16.0. The minimum Gasteiger partial charge on any atom is -0.497 e. The predicted molar refractivity (Wildman–Crippen MR) is 87.8 cm³/mol. The van der Waals surface area contributed by atoms with Crippen LogP contribution in [0.3, 0.4) is 0 Å². The lowest BCUT2D eigenvalue weighted by atomic mass is 10.1. The molecule has 4 heteroatoms. The van der Waals surface area contributed by atoms with Crippen LogP contribution in [-0.4, -0.2) is 25.6 Å². The number of carbonyl (C=O) groups excluding carboxylic acids is 1. The quantitative estimate of drug-likeness (QED) is 0.821. The fourth-order valence-electron chi connectivity index (χ4n) is 2.21. The molecule has 0 radical (unpaired) electrons. The van der Waals surface area contributed by atoms with Crippen molar-refractivity contribution in [1.29, 1.82) is 0 Å². The van der Waals surface area contributed by atoms with E-state index in [0.29, 0.717) is 13.0 Å². The van der Waals surface area contributed by atoms with Gasteiger partial charge in [-0.3, -0.25) is 4.79 Å². The van der Waals surface area contributed by atoms with Gasteiger partial charge in [0.15, 0.2) is 0 Å². The molecule has 0 spiro atoms. The summed E-state index contributed by atoms with van der Waals surface area (Å²) in [6.45, 7) is 0.577. The summed E-state index contributed by atoms with van der Waals surface area (Å²) in [7, 11) is 1.64. The van der Waals surface area contributed by atoms with Crippen molar-refractivity contribution >= 4 is 5.91 Å². The molecule has 0 aliphatic heterocycles. The highest BCUT2D eigenvalue weighted by Crippen LogP contribution is 2.11. The van der Waals surface area contributed by atoms with Crippen LogP contribution in [0.4, 0.5) is 0 Å². The monoisotopic (exact) mass is 298 g/mol. The van der Waals surface area contributed by atoms with Crippen LogP contribution in [0, 0.1) is 0 Å². The van der Waals surface area contributed by atoms with Crippen molar-refractivity contribution in [2.75, 3.05) is 13.7 Å². The number of carbonyl (C=O) groups is 1. The molecule has 2 rings (SSSR count). The number of methoxy groups -OCH3 is 1. The number of hydrogen-bond donors (Lipinski definition) is 2. The number of nitrogens with one attached hydrogen (secondary N) is 1. The smallest absolute Gasteiger partial charge is 0.237 e. The number of ether oxygens (including phenoxy) is 1. The van der Waals surface area contributed by atoms with Crippen LogP contribution in [0.5, 0.6) is 5.75 Å². The van der Waals surface area contributed by atoms with Gasteiger partial charge in [-0.2, -0.15) is 0 Å². The molecular weight excluding hydrogens is 276 g/mol. The lowest BCUT2D eigenvalue weighted by molar-refractivity contribution is -0.122. The fraction of sp³-hybridized carbons (Fsp3) is 0.278. The van der Waals surface area contributed by atoms with Crippen LogP contribution in [0.25, 0.3) is 0 Å². The molecule has 2 aromatic carbocycles. The summed E-state index contributed by atoms with van der Waals surface area (Å²) >= 11 is 0.